The van der Waals surface area contributed by atoms with Gasteiger partial charge in [-0.3, -0.25) is 9.59 Å². The van der Waals surface area contributed by atoms with E-state index in [2.05, 4.69) is 25.9 Å². The van der Waals surface area contributed by atoms with Gasteiger partial charge in [-0.15, -0.1) is 0 Å². The summed E-state index contributed by atoms with van der Waals surface area (Å²) in [4.78, 5) is 30.6. The maximum absolute atomic E-state index is 13.3. The summed E-state index contributed by atoms with van der Waals surface area (Å²) in [5.74, 6) is 0.577. The monoisotopic (exact) mass is 451 g/mol. The Hall–Kier alpha value is -3.49. The minimum absolute atomic E-state index is 0.0641. The molecule has 0 spiro atoms. The van der Waals surface area contributed by atoms with Crippen LogP contribution in [0.2, 0.25) is 0 Å². The molecule has 1 saturated carbocycles. The van der Waals surface area contributed by atoms with Crippen LogP contribution < -0.4 is 10.6 Å². The number of nitrogens with one attached hydrogen (secondary N) is 2. The molecule has 0 radical (unpaired) electrons. The van der Waals surface area contributed by atoms with Crippen molar-refractivity contribution < 1.29 is 18.6 Å². The van der Waals surface area contributed by atoms with E-state index in [0.29, 0.717) is 29.3 Å². The van der Waals surface area contributed by atoms with Crippen LogP contribution in [0.15, 0.2) is 33.6 Å². The summed E-state index contributed by atoms with van der Waals surface area (Å²) in [7, 11) is 0. The molecular formula is C24H29N5O4. The van der Waals surface area contributed by atoms with E-state index < -0.39 is 6.04 Å². The van der Waals surface area contributed by atoms with E-state index in [1.807, 2.05) is 26.8 Å². The van der Waals surface area contributed by atoms with E-state index in [1.165, 1.54) is 6.26 Å². The summed E-state index contributed by atoms with van der Waals surface area (Å²) >= 11 is 0. The second-order valence-corrected chi connectivity index (χ2v) is 8.50. The first-order valence-corrected chi connectivity index (χ1v) is 11.4. The Morgan fingerprint density at radius 2 is 1.94 bits per heavy atom. The highest BCUT2D eigenvalue weighted by atomic mass is 16.5. The number of anilines is 1. The Morgan fingerprint density at radius 1 is 1.15 bits per heavy atom. The number of hydrogen-bond donors (Lipinski definition) is 2. The standard InChI is InChI=1S/C24H29N5O4/c1-4-19-18(13-32-29-19)23(30)27-22(16-8-6-5-7-9-16)24(31)26-20-11-10-17(12-25-20)21-14(2)28-33-15(21)3/h10-13,16,22H,4-9H2,1-3H3,(H,27,30)(H,25,26,31)/t22-/m0/s1. The van der Waals surface area contributed by atoms with Gasteiger partial charge in [-0.05, 0) is 51.2 Å². The Labute approximate surface area is 192 Å². The molecule has 0 bridgehead atoms. The van der Waals surface area contributed by atoms with Crippen LogP contribution >= 0.6 is 0 Å². The van der Waals surface area contributed by atoms with Gasteiger partial charge in [-0.1, -0.05) is 36.5 Å². The van der Waals surface area contributed by atoms with Crippen LogP contribution in [-0.2, 0) is 11.2 Å². The summed E-state index contributed by atoms with van der Waals surface area (Å²) in [5, 5.41) is 13.7. The van der Waals surface area contributed by atoms with Gasteiger partial charge in [0.1, 0.15) is 29.4 Å². The van der Waals surface area contributed by atoms with Gasteiger partial charge in [0.25, 0.3) is 5.91 Å². The number of nitrogens with zero attached hydrogens (tertiary/aromatic N) is 3. The molecule has 2 amide bonds. The van der Waals surface area contributed by atoms with Crippen molar-refractivity contribution in [2.45, 2.75) is 65.3 Å². The summed E-state index contributed by atoms with van der Waals surface area (Å²) in [6, 6.07) is 2.95. The maximum atomic E-state index is 13.3. The van der Waals surface area contributed by atoms with Gasteiger partial charge in [0.05, 0.1) is 11.4 Å². The Bertz CT molecular complexity index is 1090. The molecule has 1 fully saturated rings. The minimum Gasteiger partial charge on any atom is -0.364 e. The molecule has 4 rings (SSSR count). The first-order chi connectivity index (χ1) is 16.0. The van der Waals surface area contributed by atoms with Crippen LogP contribution in [0, 0.1) is 19.8 Å². The van der Waals surface area contributed by atoms with Crippen molar-refractivity contribution in [2.75, 3.05) is 5.32 Å². The van der Waals surface area contributed by atoms with Crippen LogP contribution in [0.4, 0.5) is 5.82 Å². The zero-order chi connectivity index (χ0) is 23.4. The lowest BCUT2D eigenvalue weighted by Crippen LogP contribution is -2.49. The van der Waals surface area contributed by atoms with Gasteiger partial charge >= 0.3 is 0 Å². The molecule has 2 N–H and O–H groups in total. The number of aromatic nitrogens is 3. The van der Waals surface area contributed by atoms with Gasteiger partial charge in [0, 0.05) is 17.3 Å². The van der Waals surface area contributed by atoms with E-state index >= 15 is 0 Å². The van der Waals surface area contributed by atoms with Gasteiger partial charge in [0.2, 0.25) is 5.91 Å². The molecule has 0 unspecified atom stereocenters. The average molecular weight is 452 g/mol. The first-order valence-electron chi connectivity index (χ1n) is 11.4. The van der Waals surface area contributed by atoms with E-state index in [9.17, 15) is 9.59 Å². The number of carbonyl (C=O) groups excluding carboxylic acids is 2. The van der Waals surface area contributed by atoms with Crippen molar-refractivity contribution in [2.24, 2.45) is 5.92 Å². The summed E-state index contributed by atoms with van der Waals surface area (Å²) < 4.78 is 10.2. The third-order valence-corrected chi connectivity index (χ3v) is 6.25. The fraction of sp³-hybridized carbons (Fsp3) is 0.458. The maximum Gasteiger partial charge on any atom is 0.257 e. The summed E-state index contributed by atoms with van der Waals surface area (Å²) in [6.45, 7) is 5.62. The molecule has 33 heavy (non-hydrogen) atoms. The molecule has 174 valence electrons. The lowest BCUT2D eigenvalue weighted by atomic mass is 9.83. The average Bonchev–Trinajstić information content (AvgIpc) is 3.44. The Kier molecular flexibility index (Phi) is 6.86. The number of rotatable bonds is 7. The molecule has 0 saturated heterocycles. The molecule has 0 aromatic carbocycles. The summed E-state index contributed by atoms with van der Waals surface area (Å²) in [5.41, 5.74) is 3.49. The van der Waals surface area contributed by atoms with Crippen molar-refractivity contribution in [1.29, 1.82) is 0 Å². The molecule has 3 aromatic heterocycles. The molecule has 9 heteroatoms. The van der Waals surface area contributed by atoms with Crippen molar-refractivity contribution in [3.8, 4) is 11.1 Å². The highest BCUT2D eigenvalue weighted by Crippen LogP contribution is 2.29. The third kappa shape index (κ3) is 4.97. The largest absolute Gasteiger partial charge is 0.364 e. The van der Waals surface area contributed by atoms with Crippen LogP contribution in [0.3, 0.4) is 0 Å². The zero-order valence-corrected chi connectivity index (χ0v) is 19.2. The number of aryl methyl sites for hydroxylation is 3. The quantitative estimate of drug-likeness (QED) is 0.551. The first kappa shape index (κ1) is 22.7. The highest BCUT2D eigenvalue weighted by molar-refractivity contribution is 6.01. The van der Waals surface area contributed by atoms with E-state index in [1.54, 1.807) is 12.3 Å². The molecular weight excluding hydrogens is 422 g/mol. The fourth-order valence-corrected chi connectivity index (χ4v) is 4.50. The SMILES string of the molecule is CCc1nocc1C(=O)N[C@H](C(=O)Nc1ccc(-c2c(C)noc2C)cn1)C1CCCCC1. The lowest BCUT2D eigenvalue weighted by Gasteiger charge is -2.29. The third-order valence-electron chi connectivity index (χ3n) is 6.25. The number of pyridine rings is 1. The number of hydrogen-bond acceptors (Lipinski definition) is 7. The fourth-order valence-electron chi connectivity index (χ4n) is 4.50. The second kappa shape index (κ2) is 9.97. The van der Waals surface area contributed by atoms with Gasteiger partial charge in [-0.25, -0.2) is 4.98 Å². The zero-order valence-electron chi connectivity index (χ0n) is 19.2. The van der Waals surface area contributed by atoms with Crippen LogP contribution in [0.5, 0.6) is 0 Å². The smallest absolute Gasteiger partial charge is 0.257 e. The molecule has 3 aromatic rings. The Morgan fingerprint density at radius 3 is 2.58 bits per heavy atom. The van der Waals surface area contributed by atoms with Gasteiger partial charge < -0.3 is 19.7 Å². The predicted octanol–water partition coefficient (Wildman–Crippen LogP) is 4.22. The number of amides is 2. The van der Waals surface area contributed by atoms with Crippen molar-refractivity contribution >= 4 is 17.6 Å². The van der Waals surface area contributed by atoms with Crippen LogP contribution in [-0.4, -0.2) is 33.2 Å². The summed E-state index contributed by atoms with van der Waals surface area (Å²) in [6.07, 6.45) is 8.60. The second-order valence-electron chi connectivity index (χ2n) is 8.50. The van der Waals surface area contributed by atoms with E-state index in [0.717, 1.165) is 48.9 Å². The minimum atomic E-state index is -0.665. The lowest BCUT2D eigenvalue weighted by molar-refractivity contribution is -0.119. The molecule has 9 nitrogen and oxygen atoms in total. The van der Waals surface area contributed by atoms with Crippen molar-refractivity contribution in [3.63, 3.8) is 0 Å². The van der Waals surface area contributed by atoms with E-state index in [4.69, 9.17) is 9.05 Å². The Balaban J connectivity index is 1.51. The number of carbonyl (C=O) groups is 2. The van der Waals surface area contributed by atoms with Crippen LogP contribution in [0.1, 0.15) is 66.5 Å². The molecule has 1 atom stereocenters. The highest BCUT2D eigenvalue weighted by Gasteiger charge is 2.32. The molecule has 0 aliphatic heterocycles. The molecule has 1 aliphatic carbocycles. The topological polar surface area (TPSA) is 123 Å². The van der Waals surface area contributed by atoms with Gasteiger partial charge in [0.15, 0.2) is 0 Å². The van der Waals surface area contributed by atoms with Crippen molar-refractivity contribution in [3.05, 3.63) is 47.3 Å². The van der Waals surface area contributed by atoms with Crippen LogP contribution in [0.25, 0.3) is 11.1 Å². The van der Waals surface area contributed by atoms with E-state index in [-0.39, 0.29) is 17.7 Å². The van der Waals surface area contributed by atoms with Gasteiger partial charge in [-0.2, -0.15) is 0 Å². The molecule has 1 aliphatic rings. The predicted molar refractivity (Wildman–Crippen MR) is 122 cm³/mol. The normalized spacial score (nSPS) is 15.2. The van der Waals surface area contributed by atoms with Crippen molar-refractivity contribution in [1.82, 2.24) is 20.6 Å². The molecule has 3 heterocycles.